The van der Waals surface area contributed by atoms with Gasteiger partial charge in [-0.05, 0) is 64.7 Å². The smallest absolute Gasteiger partial charge is 0.387 e. The van der Waals surface area contributed by atoms with Crippen molar-refractivity contribution in [2.45, 2.75) is 193 Å². The normalized spacial score (nSPS) is 14.9. The maximum atomic E-state index is 12.8. The van der Waals surface area contributed by atoms with Gasteiger partial charge in [0.2, 0.25) is 5.91 Å². The molecule has 3 N–H and O–H groups in total. The van der Waals surface area contributed by atoms with Crippen molar-refractivity contribution in [1.82, 2.24) is 5.32 Å². The molecule has 0 bridgehead atoms. The van der Waals surface area contributed by atoms with Crippen molar-refractivity contribution in [2.24, 2.45) is 0 Å². The number of allylic oxidation sites excluding steroid dienone is 7. The van der Waals surface area contributed by atoms with Crippen LogP contribution in [0.3, 0.4) is 0 Å². The van der Waals surface area contributed by atoms with Gasteiger partial charge in [-0.3, -0.25) is 13.8 Å². The van der Waals surface area contributed by atoms with Crippen molar-refractivity contribution in [1.29, 1.82) is 0 Å². The van der Waals surface area contributed by atoms with Crippen LogP contribution in [0, 0.1) is 0 Å². The lowest BCUT2D eigenvalue weighted by Gasteiger charge is -2.25. The zero-order chi connectivity index (χ0) is 40.0. The number of amides is 1. The van der Waals surface area contributed by atoms with Gasteiger partial charge in [0, 0.05) is 6.42 Å². The summed E-state index contributed by atoms with van der Waals surface area (Å²) in [6, 6.07) is -0.869. The van der Waals surface area contributed by atoms with Crippen LogP contribution < -0.4 is 5.32 Å². The fraction of sp³-hybridized carbons (Fsp3) is 0.800. The highest BCUT2D eigenvalue weighted by Gasteiger charge is 2.27. The summed E-state index contributed by atoms with van der Waals surface area (Å²) in [5.41, 5.74) is 0. The van der Waals surface area contributed by atoms with E-state index in [0.29, 0.717) is 17.4 Å². The number of aliphatic hydroxyl groups excluding tert-OH is 1. The molecule has 0 spiro atoms. The Bertz CT molecular complexity index is 1020. The van der Waals surface area contributed by atoms with Crippen molar-refractivity contribution in [3.05, 3.63) is 48.6 Å². The Morgan fingerprint density at radius 3 is 1.59 bits per heavy atom. The molecule has 0 fully saturated rings. The second-order valence-corrected chi connectivity index (χ2v) is 17.5. The number of unbranched alkanes of at least 4 members (excludes halogenated alkanes) is 21. The Morgan fingerprint density at radius 2 is 1.09 bits per heavy atom. The van der Waals surface area contributed by atoms with Crippen LogP contribution in [0.25, 0.3) is 0 Å². The summed E-state index contributed by atoms with van der Waals surface area (Å²) in [6.45, 7) is 4.54. The van der Waals surface area contributed by atoms with Gasteiger partial charge in [-0.1, -0.05) is 158 Å². The minimum atomic E-state index is -4.34. The molecule has 3 atom stereocenters. The molecule has 316 valence electrons. The number of hydrogen-bond acceptors (Lipinski definition) is 5. The van der Waals surface area contributed by atoms with Gasteiger partial charge in [0.25, 0.3) is 0 Å². The fourth-order valence-electron chi connectivity index (χ4n) is 6.07. The Labute approximate surface area is 333 Å². The molecular formula is C45H86N2O6P+. The van der Waals surface area contributed by atoms with E-state index in [2.05, 4.69) is 42.6 Å². The van der Waals surface area contributed by atoms with Crippen LogP contribution in [0.5, 0.6) is 0 Å². The summed E-state index contributed by atoms with van der Waals surface area (Å²) in [6.07, 6.45) is 46.5. The van der Waals surface area contributed by atoms with E-state index in [9.17, 15) is 19.4 Å². The number of nitrogens with one attached hydrogen (secondary N) is 1. The van der Waals surface area contributed by atoms with E-state index < -0.39 is 20.0 Å². The van der Waals surface area contributed by atoms with Crippen molar-refractivity contribution in [3.8, 4) is 0 Å². The fourth-order valence-corrected chi connectivity index (χ4v) is 6.81. The van der Waals surface area contributed by atoms with Gasteiger partial charge in [-0.2, -0.15) is 0 Å². The predicted octanol–water partition coefficient (Wildman–Crippen LogP) is 12.1. The summed E-state index contributed by atoms with van der Waals surface area (Å²) in [7, 11) is 1.54. The number of rotatable bonds is 39. The third-order valence-electron chi connectivity index (χ3n) is 9.59. The molecule has 1 amide bonds. The molecule has 0 aliphatic carbocycles. The first kappa shape index (κ1) is 52.5. The van der Waals surface area contributed by atoms with E-state index in [-0.39, 0.29) is 19.1 Å². The standard InChI is InChI=1S/C45H85N2O6P/c1-6-8-10-12-14-16-17-18-19-20-21-22-23-24-25-26-27-28-29-31-33-35-37-39-45(49)46-43(42-53-54(50,51)52-41-40-47(3,4)5)44(48)38-36-34-32-30-15-13-11-9-7-2/h7,9,15,24-25,30,36,38,43-44,48H,6,8,10-14,16-23,26-29,31-35,37,39-42H2,1-5H3,(H-,46,49,50,51)/p+1/b9-7+,25-24-,30-15+,38-36+. The second-order valence-electron chi connectivity index (χ2n) is 16.1. The number of carbonyl (C=O) groups excluding carboxylic acids is 1. The Morgan fingerprint density at radius 1 is 0.648 bits per heavy atom. The predicted molar refractivity (Wildman–Crippen MR) is 231 cm³/mol. The van der Waals surface area contributed by atoms with Crippen molar-refractivity contribution >= 4 is 13.7 Å². The van der Waals surface area contributed by atoms with Crippen molar-refractivity contribution in [2.75, 3.05) is 40.9 Å². The molecule has 0 saturated heterocycles. The average Bonchev–Trinajstić information content (AvgIpc) is 3.12. The number of hydrogen-bond donors (Lipinski definition) is 3. The van der Waals surface area contributed by atoms with Gasteiger partial charge < -0.3 is 19.8 Å². The highest BCUT2D eigenvalue weighted by atomic mass is 31.2. The highest BCUT2D eigenvalue weighted by Crippen LogP contribution is 2.43. The van der Waals surface area contributed by atoms with E-state index in [1.807, 2.05) is 40.2 Å². The minimum absolute atomic E-state index is 0.0512. The van der Waals surface area contributed by atoms with Crippen LogP contribution in [0.15, 0.2) is 48.6 Å². The molecule has 9 heteroatoms. The zero-order valence-electron chi connectivity index (χ0n) is 35.7. The average molecular weight is 782 g/mol. The summed E-state index contributed by atoms with van der Waals surface area (Å²) >= 11 is 0. The first-order valence-electron chi connectivity index (χ1n) is 22.0. The van der Waals surface area contributed by atoms with Crippen LogP contribution >= 0.6 is 7.82 Å². The number of nitrogens with zero attached hydrogens (tertiary/aromatic N) is 1. The lowest BCUT2D eigenvalue weighted by Crippen LogP contribution is -2.45. The monoisotopic (exact) mass is 782 g/mol. The molecule has 0 aliphatic heterocycles. The second kappa shape index (κ2) is 37.1. The summed E-state index contributed by atoms with van der Waals surface area (Å²) in [5, 5.41) is 13.7. The van der Waals surface area contributed by atoms with E-state index in [1.165, 1.54) is 116 Å². The number of carbonyl (C=O) groups is 1. The molecule has 8 nitrogen and oxygen atoms in total. The third kappa shape index (κ3) is 38.7. The topological polar surface area (TPSA) is 105 Å². The number of phosphoric ester groups is 1. The largest absolute Gasteiger partial charge is 0.472 e. The first-order valence-corrected chi connectivity index (χ1v) is 23.5. The maximum Gasteiger partial charge on any atom is 0.472 e. The minimum Gasteiger partial charge on any atom is -0.387 e. The molecule has 0 aromatic heterocycles. The Kier molecular flexibility index (Phi) is 36.0. The molecule has 0 saturated carbocycles. The Hall–Kier alpha value is -1.54. The lowest BCUT2D eigenvalue weighted by atomic mass is 10.0. The van der Waals surface area contributed by atoms with Crippen LogP contribution in [0.4, 0.5) is 0 Å². The van der Waals surface area contributed by atoms with Crippen LogP contribution in [0.2, 0.25) is 0 Å². The third-order valence-corrected chi connectivity index (χ3v) is 10.6. The molecule has 0 aliphatic rings. The van der Waals surface area contributed by atoms with E-state index in [1.54, 1.807) is 6.08 Å². The number of likely N-dealkylation sites (N-methyl/N-ethyl adjacent to an activating group) is 1. The number of aliphatic hydroxyl groups is 1. The van der Waals surface area contributed by atoms with Crippen molar-refractivity contribution in [3.63, 3.8) is 0 Å². The molecule has 54 heavy (non-hydrogen) atoms. The van der Waals surface area contributed by atoms with E-state index >= 15 is 0 Å². The number of phosphoric acid groups is 1. The molecule has 0 radical (unpaired) electrons. The quantitative estimate of drug-likeness (QED) is 0.0248. The molecular weight excluding hydrogens is 695 g/mol. The number of quaternary nitrogens is 1. The van der Waals surface area contributed by atoms with Gasteiger partial charge in [0.15, 0.2) is 0 Å². The van der Waals surface area contributed by atoms with Crippen molar-refractivity contribution < 1.29 is 32.9 Å². The maximum absolute atomic E-state index is 12.8. The first-order chi connectivity index (χ1) is 26.0. The lowest BCUT2D eigenvalue weighted by molar-refractivity contribution is -0.870. The van der Waals surface area contributed by atoms with Gasteiger partial charge in [0.05, 0.1) is 39.9 Å². The van der Waals surface area contributed by atoms with Gasteiger partial charge in [-0.15, -0.1) is 0 Å². The zero-order valence-corrected chi connectivity index (χ0v) is 36.6. The van der Waals surface area contributed by atoms with Crippen LogP contribution in [0.1, 0.15) is 181 Å². The molecule has 3 unspecified atom stereocenters. The van der Waals surface area contributed by atoms with Gasteiger partial charge >= 0.3 is 7.82 Å². The van der Waals surface area contributed by atoms with Gasteiger partial charge in [0.1, 0.15) is 13.2 Å². The van der Waals surface area contributed by atoms with E-state index in [4.69, 9.17) is 9.05 Å². The van der Waals surface area contributed by atoms with Crippen LogP contribution in [-0.2, 0) is 18.4 Å². The Balaban J connectivity index is 4.24. The molecule has 0 heterocycles. The van der Waals surface area contributed by atoms with Crippen LogP contribution in [-0.4, -0.2) is 73.4 Å². The summed E-state index contributed by atoms with van der Waals surface area (Å²) in [5.74, 6) is -0.200. The summed E-state index contributed by atoms with van der Waals surface area (Å²) in [4.78, 5) is 23.0. The molecule has 0 aromatic rings. The van der Waals surface area contributed by atoms with E-state index in [0.717, 1.165) is 44.9 Å². The van der Waals surface area contributed by atoms with Gasteiger partial charge in [-0.25, -0.2) is 4.57 Å². The highest BCUT2D eigenvalue weighted by molar-refractivity contribution is 7.47. The molecule has 0 aromatic carbocycles. The summed E-state index contributed by atoms with van der Waals surface area (Å²) < 4.78 is 23.4. The SMILES string of the molecule is C/C=C/CC/C=C/CC/C=C/C(O)C(COP(=O)(O)OCC[N+](C)(C)C)NC(=O)CCCCCCCCC/C=C\CCCCCCCCCCCCCC. The molecule has 0 rings (SSSR count).